The average Bonchev–Trinajstić information content (AvgIpc) is 2.48. The second-order valence-corrected chi connectivity index (χ2v) is 5.63. The third kappa shape index (κ3) is 2.97. The van der Waals surface area contributed by atoms with Crippen LogP contribution in [0.4, 0.5) is 0 Å². The van der Waals surface area contributed by atoms with Gasteiger partial charge in [-0.1, -0.05) is 18.2 Å². The molecule has 104 valence electrons. The topological polar surface area (TPSA) is 59.4 Å². The Balaban J connectivity index is 2.06. The molecule has 3 rings (SSSR count). The minimum absolute atomic E-state index is 0.182. The minimum Gasteiger partial charge on any atom is -0.478 e. The maximum absolute atomic E-state index is 11.4. The Labute approximate surface area is 134 Å². The summed E-state index contributed by atoms with van der Waals surface area (Å²) in [4.78, 5) is 15.7. The van der Waals surface area contributed by atoms with Gasteiger partial charge in [-0.15, -0.1) is 0 Å². The van der Waals surface area contributed by atoms with Gasteiger partial charge < -0.3 is 9.84 Å². The Kier molecular flexibility index (Phi) is 3.74. The first-order chi connectivity index (χ1) is 10.1. The molecule has 1 heterocycles. The van der Waals surface area contributed by atoms with Gasteiger partial charge >= 0.3 is 5.97 Å². The average molecular weight is 391 g/mol. The zero-order valence-corrected chi connectivity index (χ0v) is 12.9. The number of halogens is 1. The summed E-state index contributed by atoms with van der Waals surface area (Å²) in [6.45, 7) is 0. The lowest BCUT2D eigenvalue weighted by molar-refractivity contribution is 0.0698. The van der Waals surface area contributed by atoms with Crippen LogP contribution in [0.5, 0.6) is 11.6 Å². The van der Waals surface area contributed by atoms with Crippen molar-refractivity contribution in [1.82, 2.24) is 4.98 Å². The van der Waals surface area contributed by atoms with Crippen LogP contribution in [-0.4, -0.2) is 16.1 Å². The van der Waals surface area contributed by atoms with Crippen LogP contribution in [0.1, 0.15) is 10.4 Å². The van der Waals surface area contributed by atoms with Gasteiger partial charge in [-0.2, -0.15) is 0 Å². The molecule has 5 heteroatoms. The first-order valence-electron chi connectivity index (χ1n) is 6.20. The van der Waals surface area contributed by atoms with Crippen LogP contribution in [0.3, 0.4) is 0 Å². The third-order valence-electron chi connectivity index (χ3n) is 2.96. The number of para-hydroxylation sites is 1. The van der Waals surface area contributed by atoms with E-state index in [0.717, 1.165) is 3.57 Å². The Morgan fingerprint density at radius 2 is 1.81 bits per heavy atom. The van der Waals surface area contributed by atoms with Crippen molar-refractivity contribution in [3.8, 4) is 11.6 Å². The van der Waals surface area contributed by atoms with Crippen molar-refractivity contribution in [1.29, 1.82) is 0 Å². The predicted octanol–water partition coefficient (Wildman–Crippen LogP) is 4.33. The molecule has 4 nitrogen and oxygen atoms in total. The lowest BCUT2D eigenvalue weighted by Gasteiger charge is -2.08. The van der Waals surface area contributed by atoms with Crippen molar-refractivity contribution in [2.24, 2.45) is 0 Å². The van der Waals surface area contributed by atoms with Crippen LogP contribution in [0, 0.1) is 3.57 Å². The summed E-state index contributed by atoms with van der Waals surface area (Å²) in [6.07, 6.45) is 0. The van der Waals surface area contributed by atoms with Crippen LogP contribution in [0.2, 0.25) is 0 Å². The maximum atomic E-state index is 11.4. The lowest BCUT2D eigenvalue weighted by atomic mass is 10.1. The largest absolute Gasteiger partial charge is 0.478 e. The lowest BCUT2D eigenvalue weighted by Crippen LogP contribution is -2.00. The molecule has 0 aliphatic carbocycles. The number of fused-ring (bicyclic) bond motifs is 1. The normalized spacial score (nSPS) is 10.5. The van der Waals surface area contributed by atoms with E-state index in [1.54, 1.807) is 18.2 Å². The van der Waals surface area contributed by atoms with E-state index in [-0.39, 0.29) is 11.4 Å². The molecule has 0 aliphatic heterocycles. The van der Waals surface area contributed by atoms with Crippen molar-refractivity contribution >= 4 is 39.5 Å². The smallest absolute Gasteiger partial charge is 0.336 e. The molecule has 0 radical (unpaired) electrons. The van der Waals surface area contributed by atoms with E-state index in [4.69, 9.17) is 4.74 Å². The zero-order valence-electron chi connectivity index (χ0n) is 10.8. The molecule has 0 saturated carbocycles. The van der Waals surface area contributed by atoms with Gasteiger partial charge in [0, 0.05) is 15.0 Å². The maximum Gasteiger partial charge on any atom is 0.336 e. The number of benzene rings is 2. The highest BCUT2D eigenvalue weighted by Crippen LogP contribution is 2.26. The van der Waals surface area contributed by atoms with E-state index < -0.39 is 5.97 Å². The fraction of sp³-hybridized carbons (Fsp3) is 0. The number of carbonyl (C=O) groups is 1. The van der Waals surface area contributed by atoms with E-state index in [1.165, 1.54) is 6.07 Å². The number of nitrogens with zero attached hydrogens (tertiary/aromatic N) is 1. The summed E-state index contributed by atoms with van der Waals surface area (Å²) in [7, 11) is 0. The second kappa shape index (κ2) is 5.69. The van der Waals surface area contributed by atoms with Crippen molar-refractivity contribution in [3.63, 3.8) is 0 Å². The molecule has 0 unspecified atom stereocenters. The standard InChI is InChI=1S/C16H10INO3/c17-10-5-7-11(8-6-10)21-15-9-13(16(19)20)12-3-1-2-4-14(12)18-15/h1-9H,(H,19,20). The molecule has 0 saturated heterocycles. The Hall–Kier alpha value is -2.15. The number of carboxylic acid groups (broad SMARTS) is 1. The summed E-state index contributed by atoms with van der Waals surface area (Å²) in [5, 5.41) is 9.92. The molecule has 1 aromatic heterocycles. The van der Waals surface area contributed by atoms with Gasteiger partial charge in [0.25, 0.3) is 0 Å². The van der Waals surface area contributed by atoms with Crippen LogP contribution >= 0.6 is 22.6 Å². The SMILES string of the molecule is O=C(O)c1cc(Oc2ccc(I)cc2)nc2ccccc12. The van der Waals surface area contributed by atoms with Gasteiger partial charge in [-0.05, 0) is 52.9 Å². The minimum atomic E-state index is -0.999. The fourth-order valence-electron chi connectivity index (χ4n) is 2.00. The van der Waals surface area contributed by atoms with E-state index in [9.17, 15) is 9.90 Å². The summed E-state index contributed by atoms with van der Waals surface area (Å²) in [5.74, 6) is -0.108. The van der Waals surface area contributed by atoms with Crippen molar-refractivity contribution in [2.45, 2.75) is 0 Å². The number of aromatic carboxylic acids is 1. The van der Waals surface area contributed by atoms with Gasteiger partial charge in [0.2, 0.25) is 5.88 Å². The van der Waals surface area contributed by atoms with Crippen LogP contribution < -0.4 is 4.74 Å². The molecule has 0 spiro atoms. The van der Waals surface area contributed by atoms with Gasteiger partial charge in [0.05, 0.1) is 11.1 Å². The molecule has 2 aromatic carbocycles. The first kappa shape index (κ1) is 13.8. The Morgan fingerprint density at radius 1 is 1.10 bits per heavy atom. The van der Waals surface area contributed by atoms with Crippen molar-refractivity contribution < 1.29 is 14.6 Å². The monoisotopic (exact) mass is 391 g/mol. The van der Waals surface area contributed by atoms with Gasteiger partial charge in [0.1, 0.15) is 5.75 Å². The van der Waals surface area contributed by atoms with E-state index in [1.807, 2.05) is 30.3 Å². The third-order valence-corrected chi connectivity index (χ3v) is 3.68. The molecule has 1 N–H and O–H groups in total. The van der Waals surface area contributed by atoms with Crippen molar-refractivity contribution in [2.75, 3.05) is 0 Å². The van der Waals surface area contributed by atoms with Gasteiger partial charge in [0.15, 0.2) is 0 Å². The molecule has 3 aromatic rings. The molecular weight excluding hydrogens is 381 g/mol. The van der Waals surface area contributed by atoms with E-state index in [2.05, 4.69) is 27.6 Å². The number of aromatic nitrogens is 1. The number of ether oxygens (including phenoxy) is 1. The number of hydrogen-bond donors (Lipinski definition) is 1. The number of carboxylic acids is 1. The van der Waals surface area contributed by atoms with Crippen LogP contribution in [0.15, 0.2) is 54.6 Å². The number of pyridine rings is 1. The number of rotatable bonds is 3. The summed E-state index contributed by atoms with van der Waals surface area (Å²) >= 11 is 2.20. The van der Waals surface area contributed by atoms with Gasteiger partial charge in [-0.25, -0.2) is 9.78 Å². The summed E-state index contributed by atoms with van der Waals surface area (Å²) in [6, 6.07) is 16.0. The molecule has 0 aliphatic rings. The van der Waals surface area contributed by atoms with Gasteiger partial charge in [-0.3, -0.25) is 0 Å². The summed E-state index contributed by atoms with van der Waals surface area (Å²) in [5.41, 5.74) is 0.777. The summed E-state index contributed by atoms with van der Waals surface area (Å²) < 4.78 is 6.75. The number of hydrogen-bond acceptors (Lipinski definition) is 3. The highest BCUT2D eigenvalue weighted by atomic mass is 127. The molecule has 0 bridgehead atoms. The molecule has 0 atom stereocenters. The molecule has 21 heavy (non-hydrogen) atoms. The van der Waals surface area contributed by atoms with E-state index in [0.29, 0.717) is 16.7 Å². The molecular formula is C16H10INO3. The Bertz CT molecular complexity index is 815. The highest BCUT2D eigenvalue weighted by Gasteiger charge is 2.12. The quantitative estimate of drug-likeness (QED) is 0.676. The first-order valence-corrected chi connectivity index (χ1v) is 7.28. The fourth-order valence-corrected chi connectivity index (χ4v) is 2.36. The highest BCUT2D eigenvalue weighted by molar-refractivity contribution is 14.1. The zero-order chi connectivity index (χ0) is 14.8. The second-order valence-electron chi connectivity index (χ2n) is 4.39. The predicted molar refractivity (Wildman–Crippen MR) is 87.9 cm³/mol. The molecule has 0 amide bonds. The Morgan fingerprint density at radius 3 is 2.52 bits per heavy atom. The molecule has 0 fully saturated rings. The van der Waals surface area contributed by atoms with Crippen molar-refractivity contribution in [3.05, 3.63) is 63.7 Å². The van der Waals surface area contributed by atoms with Crippen LogP contribution in [-0.2, 0) is 0 Å². The van der Waals surface area contributed by atoms with Crippen LogP contribution in [0.25, 0.3) is 10.9 Å². The van der Waals surface area contributed by atoms with E-state index >= 15 is 0 Å².